The Balaban J connectivity index is 2.32. The van der Waals surface area contributed by atoms with E-state index in [4.69, 9.17) is 0 Å². The zero-order valence-corrected chi connectivity index (χ0v) is 14.0. The van der Waals surface area contributed by atoms with E-state index in [0.29, 0.717) is 10.7 Å². The van der Waals surface area contributed by atoms with Crippen molar-refractivity contribution >= 4 is 27.7 Å². The van der Waals surface area contributed by atoms with Crippen LogP contribution in [0.25, 0.3) is 0 Å². The molecule has 0 N–H and O–H groups in total. The van der Waals surface area contributed by atoms with E-state index in [1.165, 1.54) is 19.1 Å². The molecule has 0 saturated carbocycles. The van der Waals surface area contributed by atoms with E-state index in [-0.39, 0.29) is 12.2 Å². The Bertz CT molecular complexity index is 754. The molecular formula is C15H12BrF3N2O3. The SMILES string of the molecule is CCOC(=O)c1cc(C(F)(F)F)n(CC(=O)c2ccc(Br)cc2)n1. The lowest BCUT2D eigenvalue weighted by atomic mass is 10.1. The number of benzene rings is 1. The fraction of sp³-hybridized carbons (Fsp3) is 0.267. The van der Waals surface area contributed by atoms with Crippen LogP contribution in [0.2, 0.25) is 0 Å². The van der Waals surface area contributed by atoms with E-state index in [9.17, 15) is 22.8 Å². The van der Waals surface area contributed by atoms with Crippen LogP contribution in [0.3, 0.4) is 0 Å². The van der Waals surface area contributed by atoms with Gasteiger partial charge in [-0.1, -0.05) is 28.1 Å². The number of aromatic nitrogens is 2. The first-order valence-electron chi connectivity index (χ1n) is 6.83. The van der Waals surface area contributed by atoms with Crippen molar-refractivity contribution in [3.8, 4) is 0 Å². The Hall–Kier alpha value is -2.16. The molecule has 0 saturated heterocycles. The Kier molecular flexibility index (Phi) is 5.43. The lowest BCUT2D eigenvalue weighted by Gasteiger charge is -2.09. The van der Waals surface area contributed by atoms with Crippen molar-refractivity contribution in [1.29, 1.82) is 0 Å². The van der Waals surface area contributed by atoms with Gasteiger partial charge in [-0.15, -0.1) is 0 Å². The van der Waals surface area contributed by atoms with Crippen LogP contribution in [0.4, 0.5) is 13.2 Å². The van der Waals surface area contributed by atoms with E-state index in [1.54, 1.807) is 12.1 Å². The van der Waals surface area contributed by atoms with Crippen LogP contribution in [0.1, 0.15) is 33.5 Å². The Labute approximate surface area is 143 Å². The third-order valence-corrected chi connectivity index (χ3v) is 3.54. The average Bonchev–Trinajstić information content (AvgIpc) is 2.92. The first kappa shape index (κ1) is 18.2. The maximum absolute atomic E-state index is 13.1. The number of nitrogens with zero attached hydrogens (tertiary/aromatic N) is 2. The topological polar surface area (TPSA) is 61.2 Å². The number of halogens is 4. The summed E-state index contributed by atoms with van der Waals surface area (Å²) in [4.78, 5) is 23.7. The predicted molar refractivity (Wildman–Crippen MR) is 81.7 cm³/mol. The summed E-state index contributed by atoms with van der Waals surface area (Å²) in [6, 6.07) is 6.74. The van der Waals surface area contributed by atoms with Gasteiger partial charge >= 0.3 is 12.1 Å². The Morgan fingerprint density at radius 1 is 1.25 bits per heavy atom. The highest BCUT2D eigenvalue weighted by Gasteiger charge is 2.37. The molecule has 5 nitrogen and oxygen atoms in total. The first-order valence-corrected chi connectivity index (χ1v) is 7.62. The fourth-order valence-corrected chi connectivity index (χ4v) is 2.20. The van der Waals surface area contributed by atoms with Crippen molar-refractivity contribution in [2.45, 2.75) is 19.6 Å². The van der Waals surface area contributed by atoms with E-state index in [1.807, 2.05) is 0 Å². The molecule has 0 fully saturated rings. The summed E-state index contributed by atoms with van der Waals surface area (Å²) in [6.45, 7) is 0.886. The van der Waals surface area contributed by atoms with Gasteiger partial charge in [0, 0.05) is 16.1 Å². The van der Waals surface area contributed by atoms with Gasteiger partial charge in [0.15, 0.2) is 11.5 Å². The Morgan fingerprint density at radius 3 is 2.42 bits per heavy atom. The number of ether oxygens (including phenoxy) is 1. The van der Waals surface area contributed by atoms with Gasteiger partial charge in [-0.2, -0.15) is 18.3 Å². The third-order valence-electron chi connectivity index (χ3n) is 3.01. The minimum atomic E-state index is -4.75. The van der Waals surface area contributed by atoms with E-state index in [2.05, 4.69) is 25.8 Å². The van der Waals surface area contributed by atoms with Gasteiger partial charge in [0.1, 0.15) is 12.2 Å². The van der Waals surface area contributed by atoms with Crippen LogP contribution >= 0.6 is 15.9 Å². The summed E-state index contributed by atoms with van der Waals surface area (Å²) >= 11 is 3.20. The number of hydrogen-bond donors (Lipinski definition) is 0. The highest BCUT2D eigenvalue weighted by atomic mass is 79.9. The number of esters is 1. The number of carbonyl (C=O) groups excluding carboxylic acids is 2. The average molecular weight is 405 g/mol. The molecule has 2 aromatic rings. The molecule has 0 unspecified atom stereocenters. The smallest absolute Gasteiger partial charge is 0.433 e. The molecule has 0 aliphatic heterocycles. The summed E-state index contributed by atoms with van der Waals surface area (Å²) < 4.78 is 45.1. The summed E-state index contributed by atoms with van der Waals surface area (Å²) in [5.74, 6) is -1.54. The van der Waals surface area contributed by atoms with Crippen molar-refractivity contribution in [2.75, 3.05) is 6.61 Å². The van der Waals surface area contributed by atoms with Crippen LogP contribution in [0, 0.1) is 0 Å². The van der Waals surface area contributed by atoms with Gasteiger partial charge in [0.2, 0.25) is 0 Å². The van der Waals surface area contributed by atoms with Crippen molar-refractivity contribution in [1.82, 2.24) is 9.78 Å². The molecule has 1 aromatic carbocycles. The largest absolute Gasteiger partial charge is 0.461 e. The molecule has 0 spiro atoms. The summed E-state index contributed by atoms with van der Waals surface area (Å²) in [6.07, 6.45) is -4.75. The highest BCUT2D eigenvalue weighted by Crippen LogP contribution is 2.30. The summed E-state index contributed by atoms with van der Waals surface area (Å²) in [5.41, 5.74) is -1.44. The maximum Gasteiger partial charge on any atom is 0.433 e. The van der Waals surface area contributed by atoms with Crippen molar-refractivity contribution in [3.05, 3.63) is 51.8 Å². The molecule has 24 heavy (non-hydrogen) atoms. The summed E-state index contributed by atoms with van der Waals surface area (Å²) in [7, 11) is 0. The van der Waals surface area contributed by atoms with Gasteiger partial charge in [0.05, 0.1) is 6.61 Å². The molecule has 2 rings (SSSR count). The molecule has 1 aromatic heterocycles. The van der Waals surface area contributed by atoms with Crippen LogP contribution in [0.15, 0.2) is 34.8 Å². The van der Waals surface area contributed by atoms with Gasteiger partial charge in [0.25, 0.3) is 0 Å². The molecule has 0 bridgehead atoms. The van der Waals surface area contributed by atoms with Gasteiger partial charge < -0.3 is 4.74 Å². The zero-order valence-electron chi connectivity index (χ0n) is 12.4. The number of Topliss-reactive ketones (excluding diaryl/α,β-unsaturated/α-hetero) is 1. The second-order valence-corrected chi connectivity index (χ2v) is 5.64. The summed E-state index contributed by atoms with van der Waals surface area (Å²) in [5, 5.41) is 3.57. The molecule has 0 aliphatic rings. The Morgan fingerprint density at radius 2 is 1.88 bits per heavy atom. The van der Waals surface area contributed by atoms with Crippen LogP contribution in [0.5, 0.6) is 0 Å². The van der Waals surface area contributed by atoms with Crippen molar-refractivity contribution < 1.29 is 27.5 Å². The molecule has 0 amide bonds. The molecule has 1 heterocycles. The first-order chi connectivity index (χ1) is 11.2. The van der Waals surface area contributed by atoms with Crippen molar-refractivity contribution in [3.63, 3.8) is 0 Å². The molecule has 0 atom stereocenters. The monoisotopic (exact) mass is 404 g/mol. The minimum absolute atomic E-state index is 0.00483. The van der Waals surface area contributed by atoms with E-state index < -0.39 is 35.9 Å². The second-order valence-electron chi connectivity index (χ2n) is 4.72. The molecule has 9 heteroatoms. The van der Waals surface area contributed by atoms with Crippen LogP contribution < -0.4 is 0 Å². The van der Waals surface area contributed by atoms with Crippen LogP contribution in [-0.4, -0.2) is 28.1 Å². The quantitative estimate of drug-likeness (QED) is 0.562. The number of alkyl halides is 3. The van der Waals surface area contributed by atoms with Crippen LogP contribution in [-0.2, 0) is 17.5 Å². The lowest BCUT2D eigenvalue weighted by molar-refractivity contribution is -0.143. The molecule has 0 radical (unpaired) electrons. The van der Waals surface area contributed by atoms with Crippen molar-refractivity contribution in [2.24, 2.45) is 0 Å². The predicted octanol–water partition coefficient (Wildman–Crippen LogP) is 3.72. The number of carbonyl (C=O) groups is 2. The lowest BCUT2D eigenvalue weighted by Crippen LogP contribution is -2.19. The number of hydrogen-bond acceptors (Lipinski definition) is 4. The zero-order chi connectivity index (χ0) is 17.9. The van der Waals surface area contributed by atoms with Gasteiger partial charge in [-0.25, -0.2) is 4.79 Å². The van der Waals surface area contributed by atoms with Gasteiger partial charge in [-0.05, 0) is 19.1 Å². The minimum Gasteiger partial charge on any atom is -0.461 e. The van der Waals surface area contributed by atoms with E-state index >= 15 is 0 Å². The third kappa shape index (κ3) is 4.22. The fourth-order valence-electron chi connectivity index (χ4n) is 1.93. The molecule has 0 aliphatic carbocycles. The van der Waals surface area contributed by atoms with Gasteiger partial charge in [-0.3, -0.25) is 9.48 Å². The maximum atomic E-state index is 13.1. The standard InChI is InChI=1S/C15H12BrF3N2O3/c1-2-24-14(23)11-7-13(15(17,18)19)21(20-11)8-12(22)9-3-5-10(16)6-4-9/h3-7H,2,8H2,1H3. The van der Waals surface area contributed by atoms with E-state index in [0.717, 1.165) is 4.47 Å². The molecular weight excluding hydrogens is 393 g/mol. The molecule has 128 valence electrons. The number of rotatable bonds is 5. The normalized spacial score (nSPS) is 11.4. The number of ketones is 1. The second kappa shape index (κ2) is 7.16. The highest BCUT2D eigenvalue weighted by molar-refractivity contribution is 9.10.